The van der Waals surface area contributed by atoms with E-state index in [1.165, 1.54) is 5.56 Å². The molecule has 1 aliphatic carbocycles. The Bertz CT molecular complexity index is 468. The number of hydrogen-bond donors (Lipinski definition) is 1. The van der Waals surface area contributed by atoms with Crippen molar-refractivity contribution in [3.63, 3.8) is 0 Å². The molecule has 0 unspecified atom stereocenters. The van der Waals surface area contributed by atoms with Crippen LogP contribution in [0.15, 0.2) is 35.3 Å². The highest BCUT2D eigenvalue weighted by Gasteiger charge is 2.30. The van der Waals surface area contributed by atoms with Crippen LogP contribution in [0, 0.1) is 5.92 Å². The van der Waals surface area contributed by atoms with Crippen LogP contribution in [0.5, 0.6) is 0 Å². The van der Waals surface area contributed by atoms with Gasteiger partial charge in [-0.15, -0.1) is 0 Å². The van der Waals surface area contributed by atoms with E-state index >= 15 is 0 Å². The first kappa shape index (κ1) is 11.5. The molecule has 4 nitrogen and oxygen atoms in total. The molecule has 1 N–H and O–H groups in total. The molecule has 0 saturated heterocycles. The van der Waals surface area contributed by atoms with Crippen molar-refractivity contribution in [2.24, 2.45) is 5.92 Å². The molecule has 1 amide bonds. The van der Waals surface area contributed by atoms with E-state index in [9.17, 15) is 4.79 Å². The van der Waals surface area contributed by atoms with Gasteiger partial charge in [-0.1, -0.05) is 0 Å². The van der Waals surface area contributed by atoms with Gasteiger partial charge >= 0.3 is 0 Å². The normalized spacial score (nSPS) is 16.4. The summed E-state index contributed by atoms with van der Waals surface area (Å²) in [6.45, 7) is 0.605. The van der Waals surface area contributed by atoms with Crippen LogP contribution in [0.25, 0.3) is 0 Å². The number of nitrogens with one attached hydrogen (secondary N) is 1. The van der Waals surface area contributed by atoms with Gasteiger partial charge in [0.2, 0.25) is 5.91 Å². The van der Waals surface area contributed by atoms with Gasteiger partial charge in [0, 0.05) is 24.9 Å². The quantitative estimate of drug-likeness (QED) is 0.895. The number of aromatic nitrogens is 2. The Morgan fingerprint density at radius 1 is 1.61 bits per heavy atom. The Labute approximate surface area is 110 Å². The van der Waals surface area contributed by atoms with Crippen molar-refractivity contribution in [2.45, 2.75) is 18.9 Å². The number of rotatable bonds is 5. The molecule has 2 heterocycles. The van der Waals surface area contributed by atoms with E-state index in [1.54, 1.807) is 17.5 Å². The van der Waals surface area contributed by atoms with Gasteiger partial charge in [0.15, 0.2) is 0 Å². The van der Waals surface area contributed by atoms with E-state index in [1.807, 2.05) is 16.9 Å². The van der Waals surface area contributed by atoms with Crippen LogP contribution < -0.4 is 5.32 Å². The largest absolute Gasteiger partial charge is 0.353 e. The topological polar surface area (TPSA) is 46.9 Å². The van der Waals surface area contributed by atoms with E-state index < -0.39 is 0 Å². The maximum Gasteiger partial charge on any atom is 0.223 e. The standard InChI is InChI=1S/C13H15N3OS/c17-13(10-2-3-10)14-8-12(11-4-7-18-9-11)16-6-1-5-15-16/h1,4-7,9-10,12H,2-3,8H2,(H,14,17)/t12-/m1/s1. The summed E-state index contributed by atoms with van der Waals surface area (Å²) >= 11 is 1.66. The lowest BCUT2D eigenvalue weighted by molar-refractivity contribution is -0.122. The molecule has 0 spiro atoms. The predicted molar refractivity (Wildman–Crippen MR) is 70.4 cm³/mol. The summed E-state index contributed by atoms with van der Waals surface area (Å²) < 4.78 is 1.90. The molecular formula is C13H15N3OS. The minimum atomic E-state index is 0.0916. The summed E-state index contributed by atoms with van der Waals surface area (Å²) in [5.41, 5.74) is 1.19. The molecule has 1 aliphatic rings. The molecule has 18 heavy (non-hydrogen) atoms. The van der Waals surface area contributed by atoms with Gasteiger partial charge in [0.1, 0.15) is 0 Å². The predicted octanol–water partition coefficient (Wildman–Crippen LogP) is 2.06. The van der Waals surface area contributed by atoms with Crippen molar-refractivity contribution in [3.05, 3.63) is 40.8 Å². The minimum Gasteiger partial charge on any atom is -0.353 e. The van der Waals surface area contributed by atoms with Crippen LogP contribution in [0.2, 0.25) is 0 Å². The van der Waals surface area contributed by atoms with Crippen LogP contribution in [0.4, 0.5) is 0 Å². The highest BCUT2D eigenvalue weighted by molar-refractivity contribution is 7.07. The highest BCUT2D eigenvalue weighted by atomic mass is 32.1. The van der Waals surface area contributed by atoms with E-state index in [2.05, 4.69) is 27.2 Å². The Balaban J connectivity index is 1.71. The summed E-state index contributed by atoms with van der Waals surface area (Å²) in [5, 5.41) is 11.5. The van der Waals surface area contributed by atoms with Gasteiger partial charge in [-0.2, -0.15) is 16.4 Å². The lowest BCUT2D eigenvalue weighted by Crippen LogP contribution is -2.32. The smallest absolute Gasteiger partial charge is 0.223 e. The molecule has 2 aromatic rings. The summed E-state index contributed by atoms with van der Waals surface area (Å²) in [6, 6.07) is 4.08. The summed E-state index contributed by atoms with van der Waals surface area (Å²) in [4.78, 5) is 11.7. The second-order valence-corrected chi connectivity index (χ2v) is 5.36. The molecule has 5 heteroatoms. The maximum atomic E-state index is 11.7. The number of thiophene rings is 1. The number of hydrogen-bond acceptors (Lipinski definition) is 3. The molecule has 0 aromatic carbocycles. The van der Waals surface area contributed by atoms with Crippen LogP contribution in [-0.2, 0) is 4.79 Å². The first-order chi connectivity index (χ1) is 8.84. The minimum absolute atomic E-state index is 0.0916. The van der Waals surface area contributed by atoms with E-state index in [4.69, 9.17) is 0 Å². The molecule has 2 aromatic heterocycles. The summed E-state index contributed by atoms with van der Waals surface area (Å²) in [7, 11) is 0. The number of carbonyl (C=O) groups is 1. The van der Waals surface area contributed by atoms with Crippen molar-refractivity contribution in [1.82, 2.24) is 15.1 Å². The van der Waals surface area contributed by atoms with Crippen LogP contribution >= 0.6 is 11.3 Å². The van der Waals surface area contributed by atoms with Crippen LogP contribution in [-0.4, -0.2) is 22.2 Å². The second kappa shape index (κ2) is 4.94. The first-order valence-electron chi connectivity index (χ1n) is 6.13. The fourth-order valence-corrected chi connectivity index (χ4v) is 2.69. The highest BCUT2D eigenvalue weighted by Crippen LogP contribution is 2.29. The molecule has 0 bridgehead atoms. The number of amides is 1. The molecule has 0 aliphatic heterocycles. The lowest BCUT2D eigenvalue weighted by Gasteiger charge is -2.17. The van der Waals surface area contributed by atoms with Crippen molar-refractivity contribution < 1.29 is 4.79 Å². The molecule has 0 radical (unpaired) electrons. The summed E-state index contributed by atoms with van der Waals surface area (Å²) in [6.07, 6.45) is 5.78. The Kier molecular flexibility index (Phi) is 3.15. The zero-order valence-corrected chi connectivity index (χ0v) is 10.8. The van der Waals surface area contributed by atoms with Crippen molar-refractivity contribution in [3.8, 4) is 0 Å². The van der Waals surface area contributed by atoms with E-state index in [0.29, 0.717) is 6.54 Å². The van der Waals surface area contributed by atoms with Crippen molar-refractivity contribution >= 4 is 17.2 Å². The van der Waals surface area contributed by atoms with Gasteiger partial charge < -0.3 is 5.32 Å². The Morgan fingerprint density at radius 3 is 3.11 bits per heavy atom. The van der Waals surface area contributed by atoms with E-state index in [0.717, 1.165) is 12.8 Å². The molecule has 94 valence electrons. The average molecular weight is 261 g/mol. The third-order valence-corrected chi connectivity index (χ3v) is 3.89. The Morgan fingerprint density at radius 2 is 2.50 bits per heavy atom. The SMILES string of the molecule is O=C(NC[C@H](c1ccsc1)n1cccn1)C1CC1. The number of carbonyl (C=O) groups excluding carboxylic acids is 1. The molecule has 3 rings (SSSR count). The average Bonchev–Trinajstić information content (AvgIpc) is 2.89. The van der Waals surface area contributed by atoms with Gasteiger partial charge in [-0.3, -0.25) is 9.48 Å². The van der Waals surface area contributed by atoms with Crippen molar-refractivity contribution in [2.75, 3.05) is 6.54 Å². The Hall–Kier alpha value is -1.62. The molecule has 1 saturated carbocycles. The monoisotopic (exact) mass is 261 g/mol. The first-order valence-corrected chi connectivity index (χ1v) is 7.08. The van der Waals surface area contributed by atoms with Crippen LogP contribution in [0.1, 0.15) is 24.4 Å². The zero-order chi connectivity index (χ0) is 12.4. The third-order valence-electron chi connectivity index (χ3n) is 3.19. The van der Waals surface area contributed by atoms with Gasteiger partial charge in [0.05, 0.1) is 6.04 Å². The fraction of sp³-hybridized carbons (Fsp3) is 0.385. The molecule has 1 atom stereocenters. The second-order valence-electron chi connectivity index (χ2n) is 4.58. The van der Waals surface area contributed by atoms with Gasteiger partial charge in [0.25, 0.3) is 0 Å². The number of nitrogens with zero attached hydrogens (tertiary/aromatic N) is 2. The lowest BCUT2D eigenvalue weighted by atomic mass is 10.1. The van der Waals surface area contributed by atoms with Crippen LogP contribution in [0.3, 0.4) is 0 Å². The summed E-state index contributed by atoms with van der Waals surface area (Å²) in [5.74, 6) is 0.438. The fourth-order valence-electron chi connectivity index (χ4n) is 1.98. The maximum absolute atomic E-state index is 11.7. The molecular weight excluding hydrogens is 246 g/mol. The van der Waals surface area contributed by atoms with Gasteiger partial charge in [-0.25, -0.2) is 0 Å². The molecule has 1 fully saturated rings. The van der Waals surface area contributed by atoms with E-state index in [-0.39, 0.29) is 17.9 Å². The zero-order valence-electron chi connectivity index (χ0n) is 9.95. The third kappa shape index (κ3) is 2.46. The van der Waals surface area contributed by atoms with Gasteiger partial charge in [-0.05, 0) is 41.3 Å². The van der Waals surface area contributed by atoms with Crippen molar-refractivity contribution in [1.29, 1.82) is 0 Å².